The molecule has 0 saturated carbocycles. The van der Waals surface area contributed by atoms with Gasteiger partial charge in [0.2, 0.25) is 0 Å². The van der Waals surface area contributed by atoms with Gasteiger partial charge in [-0.2, -0.15) is 0 Å². The average Bonchev–Trinajstić information content (AvgIpc) is 3.08. The second kappa shape index (κ2) is 5.04. The number of carbonyl (C=O) groups excluding carboxylic acids is 1. The Bertz CT molecular complexity index is 1040. The number of anilines is 1. The smallest absolute Gasteiger partial charge is 0.314 e. The van der Waals surface area contributed by atoms with Crippen molar-refractivity contribution in [2.24, 2.45) is 0 Å². The van der Waals surface area contributed by atoms with Crippen LogP contribution >= 0.6 is 12.2 Å². The van der Waals surface area contributed by atoms with Crippen molar-refractivity contribution in [1.29, 1.82) is 0 Å². The molecule has 2 aromatic carbocycles. The van der Waals surface area contributed by atoms with Crippen LogP contribution in [0.5, 0.6) is 5.75 Å². The van der Waals surface area contributed by atoms with Crippen LogP contribution in [0.3, 0.4) is 0 Å². The summed E-state index contributed by atoms with van der Waals surface area (Å²) in [5.41, 5.74) is -0.982. The first-order valence-electron chi connectivity index (χ1n) is 8.51. The minimum absolute atomic E-state index is 0.0328. The summed E-state index contributed by atoms with van der Waals surface area (Å²) in [6.45, 7) is -0.214. The number of para-hydroxylation sites is 2. The molecule has 2 aromatic rings. The number of ether oxygens (including phenoxy) is 1. The molecule has 1 saturated heterocycles. The number of nitro groups is 1. The first-order chi connectivity index (χ1) is 12.9. The fourth-order valence-electron chi connectivity index (χ4n) is 4.76. The molecular weight excluding hydrogens is 366 g/mol. The molecule has 0 radical (unpaired) electrons. The van der Waals surface area contributed by atoms with Crippen molar-refractivity contribution in [1.82, 2.24) is 5.32 Å². The van der Waals surface area contributed by atoms with E-state index in [-0.39, 0.29) is 17.5 Å². The highest BCUT2D eigenvalue weighted by Crippen LogP contribution is 2.59. The van der Waals surface area contributed by atoms with Crippen LogP contribution in [0.1, 0.15) is 17.0 Å². The first kappa shape index (κ1) is 16.2. The molecular formula is C19H15N3O4S. The van der Waals surface area contributed by atoms with Gasteiger partial charge in [-0.15, -0.1) is 0 Å². The Morgan fingerprint density at radius 1 is 1.26 bits per heavy atom. The van der Waals surface area contributed by atoms with Crippen LogP contribution in [0.2, 0.25) is 0 Å². The number of hydrogen-bond donors (Lipinski definition) is 1. The molecule has 7 nitrogen and oxygen atoms in total. The number of rotatable bonds is 1. The molecule has 1 fully saturated rings. The quantitative estimate of drug-likeness (QED) is 0.462. The summed E-state index contributed by atoms with van der Waals surface area (Å²) in [5.74, 6) is -0.516. The van der Waals surface area contributed by atoms with Gasteiger partial charge in [0, 0.05) is 28.8 Å². The molecule has 3 aliphatic heterocycles. The molecule has 3 heterocycles. The molecule has 1 N–H and O–H groups in total. The zero-order chi connectivity index (χ0) is 19.0. The number of benzene rings is 2. The van der Waals surface area contributed by atoms with E-state index in [1.807, 2.05) is 30.3 Å². The van der Waals surface area contributed by atoms with Gasteiger partial charge in [-0.25, -0.2) is 0 Å². The summed E-state index contributed by atoms with van der Waals surface area (Å²) < 4.78 is 5.73. The third-order valence-electron chi connectivity index (χ3n) is 5.95. The van der Waals surface area contributed by atoms with E-state index in [1.165, 1.54) is 0 Å². The maximum atomic E-state index is 13.5. The highest BCUT2D eigenvalue weighted by molar-refractivity contribution is 7.80. The number of nitrogens with one attached hydrogen (secondary N) is 1. The molecule has 27 heavy (non-hydrogen) atoms. The van der Waals surface area contributed by atoms with Gasteiger partial charge in [-0.1, -0.05) is 48.6 Å². The molecule has 8 heteroatoms. The molecule has 0 aliphatic carbocycles. The highest BCUT2D eigenvalue weighted by atomic mass is 32.1. The lowest BCUT2D eigenvalue weighted by molar-refractivity contribution is -0.554. The molecule has 5 rings (SSSR count). The molecule has 1 spiro atoms. The normalized spacial score (nSPS) is 30.4. The van der Waals surface area contributed by atoms with Gasteiger partial charge >= 0.3 is 5.54 Å². The Balaban J connectivity index is 1.88. The number of likely N-dealkylation sites (N-methyl/N-ethyl adjacent to an activating group) is 1. The number of nitrogens with zero attached hydrogens (tertiary/aromatic N) is 2. The zero-order valence-corrected chi connectivity index (χ0v) is 15.2. The van der Waals surface area contributed by atoms with Crippen LogP contribution in [0.15, 0.2) is 48.5 Å². The van der Waals surface area contributed by atoms with E-state index in [1.54, 1.807) is 30.1 Å². The van der Waals surface area contributed by atoms with Crippen LogP contribution in [-0.4, -0.2) is 35.0 Å². The third kappa shape index (κ3) is 1.67. The van der Waals surface area contributed by atoms with E-state index >= 15 is 0 Å². The number of thiocarbonyl (C=S) groups is 1. The van der Waals surface area contributed by atoms with Gasteiger partial charge < -0.3 is 15.0 Å². The standard InChI is InChI=1S/C19H15N3O4S/c1-21-13-8-4-3-7-12(13)19(17(21)23)15-11-6-2-5-9-14(11)26-10-18(15,22(24)25)16(27)20-19/h2-9,15H,10H2,1H3,(H,20,27)/t15-,18-,19+/m1/s1. The van der Waals surface area contributed by atoms with Crippen LogP contribution in [0, 0.1) is 10.1 Å². The van der Waals surface area contributed by atoms with Crippen LogP contribution in [0.25, 0.3) is 0 Å². The van der Waals surface area contributed by atoms with Crippen molar-refractivity contribution in [2.45, 2.75) is 17.0 Å². The van der Waals surface area contributed by atoms with E-state index in [0.29, 0.717) is 16.9 Å². The highest BCUT2D eigenvalue weighted by Gasteiger charge is 2.76. The molecule has 3 atom stereocenters. The maximum absolute atomic E-state index is 13.5. The van der Waals surface area contributed by atoms with Crippen LogP contribution in [-0.2, 0) is 10.3 Å². The molecule has 3 aliphatic rings. The zero-order valence-electron chi connectivity index (χ0n) is 14.3. The monoisotopic (exact) mass is 381 g/mol. The Kier molecular flexibility index (Phi) is 3.02. The van der Waals surface area contributed by atoms with Gasteiger partial charge in [0.1, 0.15) is 11.7 Å². The second-order valence-electron chi connectivity index (χ2n) is 7.08. The fourth-order valence-corrected chi connectivity index (χ4v) is 5.17. The molecule has 136 valence electrons. The van der Waals surface area contributed by atoms with Crippen LogP contribution < -0.4 is 15.0 Å². The topological polar surface area (TPSA) is 84.7 Å². The Hall–Kier alpha value is -3.00. The van der Waals surface area contributed by atoms with E-state index in [9.17, 15) is 14.9 Å². The Labute approximate surface area is 160 Å². The molecule has 1 amide bonds. The first-order valence-corrected chi connectivity index (χ1v) is 8.92. The van der Waals surface area contributed by atoms with Crippen molar-refractivity contribution < 1.29 is 14.5 Å². The van der Waals surface area contributed by atoms with E-state index < -0.39 is 21.9 Å². The summed E-state index contributed by atoms with van der Waals surface area (Å²) in [5, 5.41) is 15.4. The van der Waals surface area contributed by atoms with Crippen LogP contribution in [0.4, 0.5) is 5.69 Å². The van der Waals surface area contributed by atoms with Crippen molar-refractivity contribution in [3.8, 4) is 5.75 Å². The summed E-state index contributed by atoms with van der Waals surface area (Å²) >= 11 is 5.46. The van der Waals surface area contributed by atoms with Crippen molar-refractivity contribution >= 4 is 28.8 Å². The summed E-state index contributed by atoms with van der Waals surface area (Å²) in [4.78, 5) is 27.0. The molecule has 0 aromatic heterocycles. The number of hydrogen-bond acceptors (Lipinski definition) is 5. The van der Waals surface area contributed by atoms with Gasteiger partial charge in [0.25, 0.3) is 5.91 Å². The van der Waals surface area contributed by atoms with E-state index in [4.69, 9.17) is 17.0 Å². The van der Waals surface area contributed by atoms with Crippen molar-refractivity contribution in [3.63, 3.8) is 0 Å². The minimum Gasteiger partial charge on any atom is -0.485 e. The SMILES string of the molecule is CN1C(=O)[C@]2(NC(=S)[C@@]3([N+](=O)[O-])COc4ccccc4[C@H]32)c2ccccc21. The maximum Gasteiger partial charge on any atom is 0.314 e. The van der Waals surface area contributed by atoms with Gasteiger partial charge in [-0.05, 0) is 12.1 Å². The van der Waals surface area contributed by atoms with Gasteiger partial charge in [0.15, 0.2) is 17.1 Å². The number of amides is 1. The lowest BCUT2D eigenvalue weighted by atomic mass is 9.68. The predicted molar refractivity (Wildman–Crippen MR) is 102 cm³/mol. The second-order valence-corrected chi connectivity index (χ2v) is 7.49. The lowest BCUT2D eigenvalue weighted by Crippen LogP contribution is -2.57. The largest absolute Gasteiger partial charge is 0.485 e. The summed E-state index contributed by atoms with van der Waals surface area (Å²) in [6.07, 6.45) is 0. The number of fused-ring (bicyclic) bond motifs is 6. The predicted octanol–water partition coefficient (Wildman–Crippen LogP) is 1.98. The van der Waals surface area contributed by atoms with Gasteiger partial charge in [0.05, 0.1) is 0 Å². The van der Waals surface area contributed by atoms with E-state index in [2.05, 4.69) is 5.32 Å². The van der Waals surface area contributed by atoms with Crippen molar-refractivity contribution in [2.75, 3.05) is 18.6 Å². The Morgan fingerprint density at radius 2 is 1.96 bits per heavy atom. The average molecular weight is 381 g/mol. The third-order valence-corrected chi connectivity index (χ3v) is 6.41. The lowest BCUT2D eigenvalue weighted by Gasteiger charge is -2.37. The van der Waals surface area contributed by atoms with Gasteiger partial charge in [-0.3, -0.25) is 14.9 Å². The molecule has 0 bridgehead atoms. The molecule has 0 unspecified atom stereocenters. The summed E-state index contributed by atoms with van der Waals surface area (Å²) in [6, 6.07) is 14.5. The fraction of sp³-hybridized carbons (Fsp3) is 0.263. The van der Waals surface area contributed by atoms with Crippen molar-refractivity contribution in [3.05, 3.63) is 69.8 Å². The number of carbonyl (C=O) groups is 1. The Morgan fingerprint density at radius 3 is 2.74 bits per heavy atom. The summed E-state index contributed by atoms with van der Waals surface area (Å²) in [7, 11) is 1.68. The van der Waals surface area contributed by atoms with E-state index in [0.717, 1.165) is 5.69 Å². The minimum atomic E-state index is -1.70.